The highest BCUT2D eigenvalue weighted by Gasteiger charge is 2.15. The Morgan fingerprint density at radius 1 is 1.22 bits per heavy atom. The molecule has 1 aromatic rings. The van der Waals surface area contributed by atoms with Gasteiger partial charge in [-0.3, -0.25) is 0 Å². The number of benzene rings is 1. The number of carbonyl (C=O) groups excluding carboxylic acids is 1. The Labute approximate surface area is 109 Å². The Bertz CT molecular complexity index is 372. The van der Waals surface area contributed by atoms with E-state index in [2.05, 4.69) is 6.92 Å². The molecule has 1 aromatic carbocycles. The monoisotopic (exact) mass is 250 g/mol. The van der Waals surface area contributed by atoms with Crippen molar-refractivity contribution in [1.82, 2.24) is 0 Å². The van der Waals surface area contributed by atoms with Gasteiger partial charge in [-0.25, -0.2) is 4.79 Å². The van der Waals surface area contributed by atoms with Crippen molar-refractivity contribution in [3.63, 3.8) is 0 Å². The minimum atomic E-state index is -0.266. The third-order valence-electron chi connectivity index (χ3n) is 2.69. The molecule has 1 rings (SSSR count). The topological polar surface area (TPSA) is 35.5 Å². The molecule has 3 nitrogen and oxygen atoms in total. The summed E-state index contributed by atoms with van der Waals surface area (Å²) in [4.78, 5) is 12.0. The van der Waals surface area contributed by atoms with Crippen molar-refractivity contribution in [2.24, 2.45) is 0 Å². The van der Waals surface area contributed by atoms with E-state index in [9.17, 15) is 4.79 Å². The molecule has 0 aromatic heterocycles. The fourth-order valence-corrected chi connectivity index (χ4v) is 2.00. The van der Waals surface area contributed by atoms with Crippen LogP contribution in [0.1, 0.15) is 41.3 Å². The second-order valence-electron chi connectivity index (χ2n) is 4.65. The summed E-state index contributed by atoms with van der Waals surface area (Å²) < 4.78 is 10.5. The van der Waals surface area contributed by atoms with Gasteiger partial charge in [-0.05, 0) is 32.4 Å². The molecular formula is C15H22O3. The van der Waals surface area contributed by atoms with E-state index >= 15 is 0 Å². The van der Waals surface area contributed by atoms with Crippen molar-refractivity contribution in [3.8, 4) is 0 Å². The van der Waals surface area contributed by atoms with E-state index in [1.165, 1.54) is 0 Å². The van der Waals surface area contributed by atoms with E-state index < -0.39 is 0 Å². The zero-order valence-electron chi connectivity index (χ0n) is 11.7. The van der Waals surface area contributed by atoms with E-state index in [1.54, 1.807) is 7.11 Å². The molecule has 0 aliphatic heterocycles. The van der Waals surface area contributed by atoms with Crippen molar-refractivity contribution in [2.45, 2.75) is 39.7 Å². The predicted molar refractivity (Wildman–Crippen MR) is 71.9 cm³/mol. The van der Waals surface area contributed by atoms with Gasteiger partial charge in [0, 0.05) is 7.11 Å². The number of carbonyl (C=O) groups is 1. The first kappa shape index (κ1) is 14.7. The first-order chi connectivity index (χ1) is 8.56. The molecule has 100 valence electrons. The van der Waals surface area contributed by atoms with E-state index in [1.807, 2.05) is 32.0 Å². The second-order valence-corrected chi connectivity index (χ2v) is 4.65. The molecule has 0 N–H and O–H groups in total. The van der Waals surface area contributed by atoms with Crippen molar-refractivity contribution < 1.29 is 14.3 Å². The predicted octanol–water partition coefficient (Wildman–Crippen LogP) is 3.28. The first-order valence-electron chi connectivity index (χ1n) is 6.35. The smallest absolute Gasteiger partial charge is 0.338 e. The Balaban J connectivity index is 2.73. The van der Waals surface area contributed by atoms with Gasteiger partial charge in [0.15, 0.2) is 0 Å². The zero-order chi connectivity index (χ0) is 13.5. The summed E-state index contributed by atoms with van der Waals surface area (Å²) in [5.74, 6) is -0.266. The highest BCUT2D eigenvalue weighted by molar-refractivity contribution is 5.90. The van der Waals surface area contributed by atoms with Crippen LogP contribution < -0.4 is 0 Å². The summed E-state index contributed by atoms with van der Waals surface area (Å²) in [6.45, 7) is 6.46. The van der Waals surface area contributed by atoms with E-state index in [0.717, 1.165) is 24.0 Å². The summed E-state index contributed by atoms with van der Waals surface area (Å²) >= 11 is 0. The lowest BCUT2D eigenvalue weighted by molar-refractivity contribution is 0.00296. The summed E-state index contributed by atoms with van der Waals surface area (Å²) in [5, 5.41) is 0. The largest absolute Gasteiger partial charge is 0.456 e. The van der Waals surface area contributed by atoms with Gasteiger partial charge < -0.3 is 9.47 Å². The molecule has 0 heterocycles. The fraction of sp³-hybridized carbons (Fsp3) is 0.533. The Hall–Kier alpha value is -1.35. The molecule has 0 amide bonds. The number of esters is 1. The normalized spacial score (nSPS) is 12.2. The quantitative estimate of drug-likeness (QED) is 0.727. The van der Waals surface area contributed by atoms with E-state index in [-0.39, 0.29) is 12.1 Å². The summed E-state index contributed by atoms with van der Waals surface area (Å²) in [6, 6.07) is 5.74. The van der Waals surface area contributed by atoms with Crippen LogP contribution in [0.4, 0.5) is 0 Å². The molecule has 3 heteroatoms. The van der Waals surface area contributed by atoms with Crippen LogP contribution in [0, 0.1) is 13.8 Å². The average molecular weight is 250 g/mol. The van der Waals surface area contributed by atoms with Gasteiger partial charge in [-0.1, -0.05) is 30.5 Å². The lowest BCUT2D eigenvalue weighted by Crippen LogP contribution is -2.23. The van der Waals surface area contributed by atoms with Crippen LogP contribution in [-0.4, -0.2) is 25.8 Å². The highest BCUT2D eigenvalue weighted by atomic mass is 16.6. The third kappa shape index (κ3) is 4.49. The highest BCUT2D eigenvalue weighted by Crippen LogP contribution is 2.12. The molecule has 0 aliphatic carbocycles. The maximum Gasteiger partial charge on any atom is 0.338 e. The summed E-state index contributed by atoms with van der Waals surface area (Å²) in [5.41, 5.74) is 2.76. The van der Waals surface area contributed by atoms with Crippen LogP contribution in [0.3, 0.4) is 0 Å². The summed E-state index contributed by atoms with van der Waals surface area (Å²) in [7, 11) is 1.62. The van der Waals surface area contributed by atoms with Crippen LogP contribution >= 0.6 is 0 Å². The number of ether oxygens (including phenoxy) is 2. The second kappa shape index (κ2) is 7.17. The molecule has 0 fully saturated rings. The number of hydrogen-bond donors (Lipinski definition) is 0. The number of rotatable bonds is 6. The Kier molecular flexibility index (Phi) is 5.86. The number of aryl methyl sites for hydroxylation is 2. The fourth-order valence-electron chi connectivity index (χ4n) is 2.00. The van der Waals surface area contributed by atoms with Gasteiger partial charge in [0.05, 0.1) is 12.2 Å². The lowest BCUT2D eigenvalue weighted by atomic mass is 10.1. The van der Waals surface area contributed by atoms with Gasteiger partial charge >= 0.3 is 5.97 Å². The molecule has 0 bridgehead atoms. The van der Waals surface area contributed by atoms with Crippen LogP contribution in [-0.2, 0) is 9.47 Å². The molecule has 0 spiro atoms. The van der Waals surface area contributed by atoms with Crippen molar-refractivity contribution in [2.75, 3.05) is 13.7 Å². The van der Waals surface area contributed by atoms with Crippen LogP contribution in [0.25, 0.3) is 0 Å². The van der Waals surface area contributed by atoms with Gasteiger partial charge in [0.25, 0.3) is 0 Å². The SMILES string of the molecule is CCCC(COC)OC(=O)c1cc(C)cc(C)c1. The first-order valence-corrected chi connectivity index (χ1v) is 6.35. The number of hydrogen-bond acceptors (Lipinski definition) is 3. The van der Waals surface area contributed by atoms with Gasteiger partial charge in [0.1, 0.15) is 6.10 Å². The molecule has 0 radical (unpaired) electrons. The molecule has 0 aliphatic rings. The van der Waals surface area contributed by atoms with Crippen molar-refractivity contribution in [3.05, 3.63) is 34.9 Å². The lowest BCUT2D eigenvalue weighted by Gasteiger charge is -2.16. The van der Waals surface area contributed by atoms with Crippen molar-refractivity contribution in [1.29, 1.82) is 0 Å². The average Bonchev–Trinajstić information content (AvgIpc) is 2.28. The zero-order valence-corrected chi connectivity index (χ0v) is 11.7. The van der Waals surface area contributed by atoms with E-state index in [4.69, 9.17) is 9.47 Å². The molecule has 0 saturated heterocycles. The maximum atomic E-state index is 12.0. The third-order valence-corrected chi connectivity index (χ3v) is 2.69. The minimum absolute atomic E-state index is 0.159. The standard InChI is InChI=1S/C15H22O3/c1-5-6-14(10-17-4)18-15(16)13-8-11(2)7-12(3)9-13/h7-9,14H,5-6,10H2,1-4H3. The van der Waals surface area contributed by atoms with Crippen molar-refractivity contribution >= 4 is 5.97 Å². The molecule has 18 heavy (non-hydrogen) atoms. The maximum absolute atomic E-state index is 12.0. The Morgan fingerprint density at radius 3 is 2.33 bits per heavy atom. The minimum Gasteiger partial charge on any atom is -0.456 e. The van der Waals surface area contributed by atoms with Crippen LogP contribution in [0.5, 0.6) is 0 Å². The van der Waals surface area contributed by atoms with E-state index in [0.29, 0.717) is 12.2 Å². The molecular weight excluding hydrogens is 228 g/mol. The van der Waals surface area contributed by atoms with Gasteiger partial charge in [0.2, 0.25) is 0 Å². The van der Waals surface area contributed by atoms with Gasteiger partial charge in [-0.2, -0.15) is 0 Å². The summed E-state index contributed by atoms with van der Waals surface area (Å²) in [6.07, 6.45) is 1.63. The molecule has 1 atom stereocenters. The molecule has 1 unspecified atom stereocenters. The van der Waals surface area contributed by atoms with Crippen LogP contribution in [0.2, 0.25) is 0 Å². The molecule has 0 saturated carbocycles. The Morgan fingerprint density at radius 2 is 1.83 bits per heavy atom. The van der Waals surface area contributed by atoms with Gasteiger partial charge in [-0.15, -0.1) is 0 Å². The number of methoxy groups -OCH3 is 1. The van der Waals surface area contributed by atoms with Crippen LogP contribution in [0.15, 0.2) is 18.2 Å².